The Bertz CT molecular complexity index is 345. The average Bonchev–Trinajstić information content (AvgIpc) is 2.15. The van der Waals surface area contributed by atoms with Gasteiger partial charge in [0.25, 0.3) is 0 Å². The molecule has 3 nitrogen and oxygen atoms in total. The van der Waals surface area contributed by atoms with Crippen LogP contribution in [0.4, 0.5) is 30.7 Å². The fraction of sp³-hybridized carbons (Fsp3) is 0.750. The maximum absolute atomic E-state index is 12.6. The Labute approximate surface area is 146 Å². The van der Waals surface area contributed by atoms with Crippen molar-refractivity contribution >= 4 is 11.9 Å². The molecule has 0 aliphatic rings. The molecule has 0 aliphatic carbocycles. The van der Waals surface area contributed by atoms with Gasteiger partial charge in [-0.2, -0.15) is 30.7 Å². The number of hydrogen-bond donors (Lipinski definition) is 0. The Morgan fingerprint density at radius 3 is 1.79 bits per heavy atom. The first-order valence-corrected chi connectivity index (χ1v) is 4.45. The minimum Gasteiger partial charge on any atom is -1.00 e. The predicted octanol–water partition coefficient (Wildman–Crippen LogP) is -0.194. The fourth-order valence-electron chi connectivity index (χ4n) is 0.729. The Morgan fingerprint density at radius 1 is 1.05 bits per heavy atom. The van der Waals surface area contributed by atoms with Crippen LogP contribution in [0, 0.1) is 0 Å². The number of ether oxygens (including phenoxy) is 1. The van der Waals surface area contributed by atoms with Gasteiger partial charge in [-0.15, -0.1) is 0 Å². The van der Waals surface area contributed by atoms with E-state index in [0.717, 1.165) is 0 Å². The predicted molar refractivity (Wildman–Crippen MR) is 43.1 cm³/mol. The third kappa shape index (κ3) is 4.96. The van der Waals surface area contributed by atoms with Crippen molar-refractivity contribution < 1.29 is 97.9 Å². The molecular weight excluding hydrogens is 316 g/mol. The van der Waals surface area contributed by atoms with Crippen molar-refractivity contribution in [1.82, 2.24) is 0 Å². The number of carbonyl (C=O) groups is 2. The minimum atomic E-state index is -6.65. The Morgan fingerprint density at radius 2 is 1.47 bits per heavy atom. The van der Waals surface area contributed by atoms with Gasteiger partial charge in [0.05, 0.1) is 0 Å². The van der Waals surface area contributed by atoms with Crippen LogP contribution in [0.5, 0.6) is 0 Å². The number of hydrogen-bond acceptors (Lipinski definition) is 3. The Hall–Kier alpha value is 0.286. The second-order valence-corrected chi connectivity index (χ2v) is 3.16. The molecule has 0 amide bonds. The minimum absolute atomic E-state index is 0. The van der Waals surface area contributed by atoms with E-state index in [4.69, 9.17) is 0 Å². The van der Waals surface area contributed by atoms with Crippen molar-refractivity contribution in [2.24, 2.45) is 0 Å². The van der Waals surface area contributed by atoms with Gasteiger partial charge in [0.15, 0.2) is 0 Å². The second-order valence-electron chi connectivity index (χ2n) is 3.16. The summed E-state index contributed by atoms with van der Waals surface area (Å²) < 4.78 is 88.0. The molecule has 11 heteroatoms. The normalized spacial score (nSPS) is 12.6. The first kappa shape index (κ1) is 21.6. The Kier molecular flexibility index (Phi) is 8.34. The van der Waals surface area contributed by atoms with Crippen molar-refractivity contribution in [1.29, 1.82) is 0 Å². The van der Waals surface area contributed by atoms with E-state index in [2.05, 4.69) is 4.74 Å². The van der Waals surface area contributed by atoms with Gasteiger partial charge < -0.3 is 6.16 Å². The zero-order chi connectivity index (χ0) is 14.8. The largest absolute Gasteiger partial charge is 1.00 e. The smallest absolute Gasteiger partial charge is 1.00 e. The molecular formula is C8H8F7KO3. The van der Waals surface area contributed by atoms with E-state index in [0.29, 0.717) is 0 Å². The number of carbonyl (C=O) groups excluding carboxylic acids is 2. The molecule has 0 fully saturated rings. The monoisotopic (exact) mass is 324 g/mol. The molecule has 108 valence electrons. The summed E-state index contributed by atoms with van der Waals surface area (Å²) in [4.78, 5) is 21.0. The van der Waals surface area contributed by atoms with Gasteiger partial charge in [-0.05, 0) is 6.42 Å². The van der Waals surface area contributed by atoms with E-state index in [9.17, 15) is 40.3 Å². The van der Waals surface area contributed by atoms with Crippen LogP contribution in [0.3, 0.4) is 0 Å². The van der Waals surface area contributed by atoms with Crippen LogP contribution in [0.2, 0.25) is 0 Å². The van der Waals surface area contributed by atoms with Gasteiger partial charge in [-0.25, -0.2) is 4.79 Å². The summed E-state index contributed by atoms with van der Waals surface area (Å²) in [6, 6.07) is 0. The molecule has 0 aromatic heterocycles. The van der Waals surface area contributed by atoms with Crippen LogP contribution in [0.25, 0.3) is 0 Å². The summed E-state index contributed by atoms with van der Waals surface area (Å²) in [6.45, 7) is 1.37. The molecule has 0 rings (SSSR count). The van der Waals surface area contributed by atoms with Crippen LogP contribution < -0.4 is 51.4 Å². The third-order valence-corrected chi connectivity index (χ3v) is 1.67. The molecule has 19 heavy (non-hydrogen) atoms. The van der Waals surface area contributed by atoms with E-state index in [-0.39, 0.29) is 59.2 Å². The van der Waals surface area contributed by atoms with E-state index in [1.807, 2.05) is 0 Å². The zero-order valence-electron chi connectivity index (χ0n) is 10.8. The SMILES string of the molecule is CCCC(=O)OC(=O)C(F)(F)C(F)(F)C(F)(F)F.[H-].[K+]. The maximum Gasteiger partial charge on any atom is 1.00 e. The molecule has 0 N–H and O–H groups in total. The average molecular weight is 324 g/mol. The number of esters is 2. The molecule has 0 saturated heterocycles. The van der Waals surface area contributed by atoms with E-state index in [1.165, 1.54) is 6.92 Å². The molecule has 0 bridgehead atoms. The zero-order valence-corrected chi connectivity index (χ0v) is 12.9. The molecule has 0 atom stereocenters. The van der Waals surface area contributed by atoms with Crippen molar-refractivity contribution in [3.05, 3.63) is 0 Å². The standard InChI is InChI=1S/C8H7F7O3.K.H/c1-2-3-4(16)18-5(17)6(9,10)7(11,12)8(13,14)15;;/h2-3H2,1H3;;/q;+1;-1. The maximum atomic E-state index is 12.6. The van der Waals surface area contributed by atoms with Crippen LogP contribution >= 0.6 is 0 Å². The number of halogens is 7. The first-order valence-electron chi connectivity index (χ1n) is 4.45. The molecule has 0 saturated carbocycles. The summed E-state index contributed by atoms with van der Waals surface area (Å²) in [5.74, 6) is -17.6. The van der Waals surface area contributed by atoms with Gasteiger partial charge in [-0.1, -0.05) is 6.92 Å². The Balaban J connectivity index is -0.00000144. The van der Waals surface area contributed by atoms with Crippen molar-refractivity contribution in [2.75, 3.05) is 0 Å². The quantitative estimate of drug-likeness (QED) is 0.312. The summed E-state index contributed by atoms with van der Waals surface area (Å²) in [5.41, 5.74) is 0. The van der Waals surface area contributed by atoms with Crippen molar-refractivity contribution in [2.45, 2.75) is 37.8 Å². The topological polar surface area (TPSA) is 43.4 Å². The van der Waals surface area contributed by atoms with Gasteiger partial charge >= 0.3 is 81.3 Å². The van der Waals surface area contributed by atoms with Crippen LogP contribution in [-0.4, -0.2) is 30.0 Å². The van der Waals surface area contributed by atoms with Crippen LogP contribution in [0.15, 0.2) is 0 Å². The third-order valence-electron chi connectivity index (χ3n) is 1.67. The van der Waals surface area contributed by atoms with Crippen molar-refractivity contribution in [3.8, 4) is 0 Å². The van der Waals surface area contributed by atoms with E-state index >= 15 is 0 Å². The van der Waals surface area contributed by atoms with Gasteiger partial charge in [-0.3, -0.25) is 4.79 Å². The first-order chi connectivity index (χ1) is 7.88. The van der Waals surface area contributed by atoms with Crippen LogP contribution in [-0.2, 0) is 14.3 Å². The summed E-state index contributed by atoms with van der Waals surface area (Å²) in [6.07, 6.45) is -7.18. The molecule has 0 aliphatic heterocycles. The molecule has 0 radical (unpaired) electrons. The van der Waals surface area contributed by atoms with E-state index < -0.39 is 36.4 Å². The van der Waals surface area contributed by atoms with Crippen molar-refractivity contribution in [3.63, 3.8) is 0 Å². The molecule has 0 aromatic rings. The summed E-state index contributed by atoms with van der Waals surface area (Å²) >= 11 is 0. The van der Waals surface area contributed by atoms with Gasteiger partial charge in [0.2, 0.25) is 0 Å². The summed E-state index contributed by atoms with van der Waals surface area (Å²) in [7, 11) is 0. The number of rotatable bonds is 4. The van der Waals surface area contributed by atoms with Crippen LogP contribution in [0.1, 0.15) is 21.2 Å². The van der Waals surface area contributed by atoms with Gasteiger partial charge in [0.1, 0.15) is 0 Å². The molecule has 0 unspecified atom stereocenters. The molecule has 0 spiro atoms. The second kappa shape index (κ2) is 7.34. The molecule has 0 aromatic carbocycles. The molecule has 0 heterocycles. The van der Waals surface area contributed by atoms with E-state index in [1.54, 1.807) is 0 Å². The number of alkyl halides is 7. The van der Waals surface area contributed by atoms with Gasteiger partial charge in [0, 0.05) is 6.42 Å². The fourth-order valence-corrected chi connectivity index (χ4v) is 0.729. The summed E-state index contributed by atoms with van der Waals surface area (Å²) in [5, 5.41) is 0.